The van der Waals surface area contributed by atoms with Gasteiger partial charge in [-0.1, -0.05) is 0 Å². The maximum atomic E-state index is 12.5. The number of nitrogens with zero attached hydrogens (tertiary/aromatic N) is 5. The van der Waals surface area contributed by atoms with Gasteiger partial charge in [-0.25, -0.2) is 14.5 Å². The van der Waals surface area contributed by atoms with Gasteiger partial charge in [0.1, 0.15) is 6.33 Å². The van der Waals surface area contributed by atoms with Crippen molar-refractivity contribution in [1.29, 1.82) is 0 Å². The first-order chi connectivity index (χ1) is 14.9. The molecule has 0 aliphatic carbocycles. The van der Waals surface area contributed by atoms with Crippen LogP contribution in [0.5, 0.6) is 0 Å². The Hall–Kier alpha value is -3.18. The average molecular weight is 456 g/mol. The number of nitrogens with one attached hydrogen (secondary N) is 2. The number of aromatic nitrogens is 5. The molecule has 4 aromatic rings. The first-order valence-electron chi connectivity index (χ1n) is 9.65. The molecule has 2 amide bonds. The zero-order chi connectivity index (χ0) is 22.0. The normalized spacial score (nSPS) is 11.1. The number of aryl methyl sites for hydroxylation is 2. The van der Waals surface area contributed by atoms with E-state index in [1.54, 1.807) is 15.9 Å². The summed E-state index contributed by atoms with van der Waals surface area (Å²) in [5.41, 5.74) is 3.61. The molecule has 0 aliphatic rings. The van der Waals surface area contributed by atoms with Crippen LogP contribution in [-0.4, -0.2) is 36.4 Å². The van der Waals surface area contributed by atoms with E-state index in [0.717, 1.165) is 32.4 Å². The molecular formula is C20H21N7O2S2. The van der Waals surface area contributed by atoms with Gasteiger partial charge in [-0.15, -0.1) is 22.7 Å². The Kier molecular flexibility index (Phi) is 6.05. The highest BCUT2D eigenvalue weighted by atomic mass is 32.1. The molecule has 0 fully saturated rings. The maximum absolute atomic E-state index is 12.5. The first-order valence-corrected chi connectivity index (χ1v) is 11.3. The number of rotatable bonds is 7. The van der Waals surface area contributed by atoms with E-state index < -0.39 is 0 Å². The van der Waals surface area contributed by atoms with Crippen molar-refractivity contribution in [2.24, 2.45) is 0 Å². The Morgan fingerprint density at radius 1 is 1.19 bits per heavy atom. The number of hydrogen-bond acceptors (Lipinski definition) is 8. The molecule has 0 saturated heterocycles. The molecule has 0 atom stereocenters. The van der Waals surface area contributed by atoms with Crippen molar-refractivity contribution >= 4 is 45.4 Å². The fourth-order valence-corrected chi connectivity index (χ4v) is 4.91. The predicted molar refractivity (Wildman–Crippen MR) is 120 cm³/mol. The van der Waals surface area contributed by atoms with Crippen LogP contribution in [0.25, 0.3) is 16.3 Å². The van der Waals surface area contributed by atoms with Crippen molar-refractivity contribution < 1.29 is 9.59 Å². The zero-order valence-corrected chi connectivity index (χ0v) is 18.9. The van der Waals surface area contributed by atoms with Gasteiger partial charge in [-0.3, -0.25) is 9.59 Å². The number of carbonyl (C=O) groups is 2. The van der Waals surface area contributed by atoms with Crippen LogP contribution in [0.15, 0.2) is 23.8 Å². The van der Waals surface area contributed by atoms with Gasteiger partial charge in [-0.05, 0) is 38.0 Å². The van der Waals surface area contributed by atoms with Crippen molar-refractivity contribution in [2.45, 2.75) is 40.2 Å². The molecule has 31 heavy (non-hydrogen) atoms. The molecule has 0 aliphatic heterocycles. The van der Waals surface area contributed by atoms with Gasteiger partial charge >= 0.3 is 0 Å². The molecule has 4 rings (SSSR count). The highest BCUT2D eigenvalue weighted by molar-refractivity contribution is 7.17. The SMILES string of the molecule is CC(=O)NCc1ccc(-c2csc(NC(=O)CCc3c(C)nc4ncnn4c3C)n2)s1. The number of fused-ring (bicyclic) bond motifs is 1. The van der Waals surface area contributed by atoms with E-state index in [-0.39, 0.29) is 11.8 Å². The van der Waals surface area contributed by atoms with E-state index in [9.17, 15) is 9.59 Å². The van der Waals surface area contributed by atoms with Crippen LogP contribution in [0.2, 0.25) is 0 Å². The molecule has 4 aromatic heterocycles. The minimum Gasteiger partial charge on any atom is -0.351 e. The van der Waals surface area contributed by atoms with Crippen LogP contribution in [0.1, 0.15) is 35.2 Å². The van der Waals surface area contributed by atoms with Gasteiger partial charge in [0.2, 0.25) is 11.8 Å². The summed E-state index contributed by atoms with van der Waals surface area (Å²) in [5.74, 6) is 0.402. The van der Waals surface area contributed by atoms with Gasteiger partial charge < -0.3 is 10.6 Å². The molecule has 0 bridgehead atoms. The second-order valence-electron chi connectivity index (χ2n) is 6.99. The predicted octanol–water partition coefficient (Wildman–Crippen LogP) is 3.13. The van der Waals surface area contributed by atoms with Crippen LogP contribution < -0.4 is 10.6 Å². The lowest BCUT2D eigenvalue weighted by molar-refractivity contribution is -0.119. The highest BCUT2D eigenvalue weighted by Crippen LogP contribution is 2.31. The van der Waals surface area contributed by atoms with Crippen molar-refractivity contribution in [3.05, 3.63) is 45.7 Å². The molecule has 2 N–H and O–H groups in total. The fraction of sp³-hybridized carbons (Fsp3) is 0.300. The van der Waals surface area contributed by atoms with E-state index >= 15 is 0 Å². The van der Waals surface area contributed by atoms with Crippen molar-refractivity contribution in [1.82, 2.24) is 29.9 Å². The van der Waals surface area contributed by atoms with Crippen molar-refractivity contribution in [2.75, 3.05) is 5.32 Å². The quantitative estimate of drug-likeness (QED) is 0.443. The third kappa shape index (κ3) is 4.78. The van der Waals surface area contributed by atoms with E-state index in [1.165, 1.54) is 24.6 Å². The summed E-state index contributed by atoms with van der Waals surface area (Å²) in [5, 5.41) is 12.3. The summed E-state index contributed by atoms with van der Waals surface area (Å²) in [7, 11) is 0. The van der Waals surface area contributed by atoms with Crippen LogP contribution in [0.4, 0.5) is 5.13 Å². The van der Waals surface area contributed by atoms with E-state index in [0.29, 0.717) is 30.3 Å². The molecule has 0 spiro atoms. The van der Waals surface area contributed by atoms with Crippen LogP contribution in [-0.2, 0) is 22.6 Å². The fourth-order valence-electron chi connectivity index (χ4n) is 3.20. The third-order valence-corrected chi connectivity index (χ3v) is 6.63. The second-order valence-corrected chi connectivity index (χ2v) is 9.02. The molecule has 160 valence electrons. The summed E-state index contributed by atoms with van der Waals surface area (Å²) < 4.78 is 1.69. The number of carbonyl (C=O) groups excluding carboxylic acids is 2. The second kappa shape index (κ2) is 8.90. The van der Waals surface area contributed by atoms with E-state index in [2.05, 4.69) is 30.7 Å². The number of amides is 2. The molecule has 0 saturated carbocycles. The van der Waals surface area contributed by atoms with E-state index in [4.69, 9.17) is 0 Å². The van der Waals surface area contributed by atoms with Gasteiger partial charge in [0.15, 0.2) is 5.13 Å². The average Bonchev–Trinajstić information content (AvgIpc) is 3.46. The Morgan fingerprint density at radius 2 is 2.03 bits per heavy atom. The Labute approximate surface area is 186 Å². The maximum Gasteiger partial charge on any atom is 0.252 e. The Bertz CT molecular complexity index is 1260. The van der Waals surface area contributed by atoms with Gasteiger partial charge in [-0.2, -0.15) is 10.1 Å². The lowest BCUT2D eigenvalue weighted by Crippen LogP contribution is -2.17. The zero-order valence-electron chi connectivity index (χ0n) is 17.3. The minimum atomic E-state index is -0.101. The number of thiophene rings is 1. The Balaban J connectivity index is 1.37. The van der Waals surface area contributed by atoms with Gasteiger partial charge in [0, 0.05) is 35.0 Å². The van der Waals surface area contributed by atoms with Crippen LogP contribution >= 0.6 is 22.7 Å². The summed E-state index contributed by atoms with van der Waals surface area (Å²) in [6.45, 7) is 5.87. The summed E-state index contributed by atoms with van der Waals surface area (Å²) in [6.07, 6.45) is 2.35. The molecule has 0 unspecified atom stereocenters. The van der Waals surface area contributed by atoms with Crippen LogP contribution in [0, 0.1) is 13.8 Å². The lowest BCUT2D eigenvalue weighted by atomic mass is 10.1. The Morgan fingerprint density at radius 3 is 2.84 bits per heavy atom. The van der Waals surface area contributed by atoms with Crippen LogP contribution in [0.3, 0.4) is 0 Å². The first kappa shape index (κ1) is 21.1. The largest absolute Gasteiger partial charge is 0.351 e. The van der Waals surface area contributed by atoms with E-state index in [1.807, 2.05) is 31.4 Å². The summed E-state index contributed by atoms with van der Waals surface area (Å²) in [6, 6.07) is 3.94. The lowest BCUT2D eigenvalue weighted by Gasteiger charge is -2.10. The van der Waals surface area contributed by atoms with Crippen molar-refractivity contribution in [3.8, 4) is 10.6 Å². The number of thiazole rings is 1. The monoisotopic (exact) mass is 455 g/mol. The highest BCUT2D eigenvalue weighted by Gasteiger charge is 2.14. The van der Waals surface area contributed by atoms with Gasteiger partial charge in [0.25, 0.3) is 5.78 Å². The smallest absolute Gasteiger partial charge is 0.252 e. The number of hydrogen-bond donors (Lipinski definition) is 2. The molecule has 0 aromatic carbocycles. The molecule has 0 radical (unpaired) electrons. The summed E-state index contributed by atoms with van der Waals surface area (Å²) >= 11 is 2.96. The molecular weight excluding hydrogens is 434 g/mol. The minimum absolute atomic E-state index is 0.0593. The van der Waals surface area contributed by atoms with Gasteiger partial charge in [0.05, 0.1) is 17.1 Å². The summed E-state index contributed by atoms with van der Waals surface area (Å²) in [4.78, 5) is 38.7. The molecule has 4 heterocycles. The number of anilines is 1. The molecule has 11 heteroatoms. The topological polar surface area (TPSA) is 114 Å². The van der Waals surface area contributed by atoms with Crippen molar-refractivity contribution in [3.63, 3.8) is 0 Å². The molecule has 9 nitrogen and oxygen atoms in total. The third-order valence-electron chi connectivity index (χ3n) is 4.77. The standard InChI is InChI=1S/C20H21N7O2S2/c1-11-15(12(2)27-19(24-11)22-10-23-27)5-7-18(29)26-20-25-16(9-30-20)17-6-4-14(31-17)8-21-13(3)28/h4,6,9-10H,5,7-8H2,1-3H3,(H,21,28)(H,25,26,29).